The van der Waals surface area contributed by atoms with Crippen LogP contribution in [0.15, 0.2) is 18.2 Å². The number of urea groups is 1. The van der Waals surface area contributed by atoms with Crippen LogP contribution in [-0.4, -0.2) is 42.8 Å². The molecular weight excluding hydrogens is 322 g/mol. The fraction of sp³-hybridized carbons (Fsp3) is 0.556. The molecule has 0 bridgehead atoms. The van der Waals surface area contributed by atoms with Crippen molar-refractivity contribution in [2.24, 2.45) is 0 Å². The molecule has 1 heterocycles. The number of carbonyl (C=O) groups is 2. The SMILES string of the molecule is C[C@@H](C(=O)NC(=O)NC1CCCC1)N(C)Cc1ccc2c(c1)OCO2. The number of carbonyl (C=O) groups excluding carboxylic acids is 2. The quantitative estimate of drug-likeness (QED) is 0.852. The molecule has 7 heteroatoms. The minimum atomic E-state index is -0.431. The first-order chi connectivity index (χ1) is 12.0. The topological polar surface area (TPSA) is 79.9 Å². The van der Waals surface area contributed by atoms with Crippen molar-refractivity contribution < 1.29 is 19.1 Å². The molecule has 0 radical (unpaired) electrons. The summed E-state index contributed by atoms with van der Waals surface area (Å²) in [5, 5.41) is 5.30. The van der Waals surface area contributed by atoms with Crippen LogP contribution in [0.3, 0.4) is 0 Å². The van der Waals surface area contributed by atoms with Crippen LogP contribution in [0.25, 0.3) is 0 Å². The van der Waals surface area contributed by atoms with Crippen molar-refractivity contribution in [2.75, 3.05) is 13.8 Å². The molecule has 1 aromatic rings. The number of hydrogen-bond donors (Lipinski definition) is 2. The van der Waals surface area contributed by atoms with Crippen molar-refractivity contribution in [1.29, 1.82) is 0 Å². The molecule has 1 aromatic carbocycles. The molecule has 1 saturated carbocycles. The molecule has 0 saturated heterocycles. The summed E-state index contributed by atoms with van der Waals surface area (Å²) in [6, 6.07) is 5.08. The van der Waals surface area contributed by atoms with Crippen LogP contribution >= 0.6 is 0 Å². The summed E-state index contributed by atoms with van der Waals surface area (Å²) in [7, 11) is 1.85. The number of nitrogens with zero attached hydrogens (tertiary/aromatic N) is 1. The number of nitrogens with one attached hydrogen (secondary N) is 2. The Balaban J connectivity index is 1.49. The van der Waals surface area contributed by atoms with Crippen LogP contribution in [-0.2, 0) is 11.3 Å². The molecule has 1 aliphatic heterocycles. The van der Waals surface area contributed by atoms with Crippen LogP contribution in [0.4, 0.5) is 4.79 Å². The van der Waals surface area contributed by atoms with E-state index in [-0.39, 0.29) is 18.7 Å². The average molecular weight is 347 g/mol. The van der Waals surface area contributed by atoms with Crippen LogP contribution in [0, 0.1) is 0 Å². The van der Waals surface area contributed by atoms with Crippen molar-refractivity contribution in [1.82, 2.24) is 15.5 Å². The van der Waals surface area contributed by atoms with Crippen LogP contribution in [0.5, 0.6) is 11.5 Å². The molecule has 2 N–H and O–H groups in total. The molecule has 25 heavy (non-hydrogen) atoms. The van der Waals surface area contributed by atoms with E-state index in [1.54, 1.807) is 6.92 Å². The number of fused-ring (bicyclic) bond motifs is 1. The number of rotatable bonds is 5. The van der Waals surface area contributed by atoms with E-state index >= 15 is 0 Å². The van der Waals surface area contributed by atoms with E-state index in [2.05, 4.69) is 10.6 Å². The van der Waals surface area contributed by atoms with Crippen LogP contribution in [0.2, 0.25) is 0 Å². The zero-order valence-electron chi connectivity index (χ0n) is 14.7. The Morgan fingerprint density at radius 3 is 2.72 bits per heavy atom. The maximum atomic E-state index is 12.3. The number of likely N-dealkylation sites (N-methyl/N-ethyl adjacent to an activating group) is 1. The highest BCUT2D eigenvalue weighted by atomic mass is 16.7. The Bertz CT molecular complexity index is 643. The lowest BCUT2D eigenvalue weighted by Gasteiger charge is -2.24. The molecule has 0 aromatic heterocycles. The predicted octanol–water partition coefficient (Wildman–Crippen LogP) is 2.00. The molecule has 1 fully saturated rings. The van der Waals surface area contributed by atoms with E-state index in [9.17, 15) is 9.59 Å². The van der Waals surface area contributed by atoms with Crippen molar-refractivity contribution >= 4 is 11.9 Å². The van der Waals surface area contributed by atoms with Gasteiger partial charge in [-0.2, -0.15) is 0 Å². The highest BCUT2D eigenvalue weighted by molar-refractivity contribution is 5.96. The van der Waals surface area contributed by atoms with E-state index in [4.69, 9.17) is 9.47 Å². The normalized spacial score (nSPS) is 17.6. The third-order valence-electron chi connectivity index (χ3n) is 4.84. The second kappa shape index (κ2) is 7.74. The Labute approximate surface area is 147 Å². The molecular formula is C18H25N3O4. The standard InChI is InChI=1S/C18H25N3O4/c1-12(17(22)20-18(23)19-14-5-3-4-6-14)21(2)10-13-7-8-15-16(9-13)25-11-24-15/h7-9,12,14H,3-6,10-11H2,1-2H3,(H2,19,20,22,23)/t12-/m0/s1. The van der Waals surface area contributed by atoms with Gasteiger partial charge in [-0.1, -0.05) is 18.9 Å². The van der Waals surface area contributed by atoms with Gasteiger partial charge in [0.05, 0.1) is 6.04 Å². The van der Waals surface area contributed by atoms with Gasteiger partial charge in [0, 0.05) is 12.6 Å². The maximum Gasteiger partial charge on any atom is 0.321 e. The number of benzene rings is 1. The van der Waals surface area contributed by atoms with Crippen molar-refractivity contribution in [3.63, 3.8) is 0 Å². The molecule has 7 nitrogen and oxygen atoms in total. The molecule has 2 aliphatic rings. The highest BCUT2D eigenvalue weighted by Gasteiger charge is 2.23. The second-order valence-electron chi connectivity index (χ2n) is 6.72. The van der Waals surface area contributed by atoms with Crippen molar-refractivity contribution in [3.8, 4) is 11.5 Å². The average Bonchev–Trinajstić information content (AvgIpc) is 3.24. The third kappa shape index (κ3) is 4.42. The fourth-order valence-electron chi connectivity index (χ4n) is 3.17. The van der Waals surface area contributed by atoms with E-state index in [0.717, 1.165) is 42.7 Å². The summed E-state index contributed by atoms with van der Waals surface area (Å²) in [5.74, 6) is 1.15. The summed E-state index contributed by atoms with van der Waals surface area (Å²) < 4.78 is 10.7. The Morgan fingerprint density at radius 2 is 1.96 bits per heavy atom. The van der Waals surface area contributed by atoms with Gasteiger partial charge in [-0.3, -0.25) is 15.0 Å². The Hall–Kier alpha value is -2.28. The lowest BCUT2D eigenvalue weighted by atomic mass is 10.1. The molecule has 3 rings (SSSR count). The minimum Gasteiger partial charge on any atom is -0.454 e. The Kier molecular flexibility index (Phi) is 5.43. The van der Waals surface area contributed by atoms with Crippen molar-refractivity contribution in [2.45, 2.75) is 51.2 Å². The zero-order valence-corrected chi connectivity index (χ0v) is 14.7. The number of hydrogen-bond acceptors (Lipinski definition) is 5. The van der Waals surface area contributed by atoms with Crippen LogP contribution in [0.1, 0.15) is 38.2 Å². The highest BCUT2D eigenvalue weighted by Crippen LogP contribution is 2.32. The lowest BCUT2D eigenvalue weighted by molar-refractivity contribution is -0.124. The first-order valence-corrected chi connectivity index (χ1v) is 8.73. The maximum absolute atomic E-state index is 12.3. The summed E-state index contributed by atoms with van der Waals surface area (Å²) >= 11 is 0. The molecule has 3 amide bonds. The summed E-state index contributed by atoms with van der Waals surface area (Å²) in [4.78, 5) is 26.1. The number of ether oxygens (including phenoxy) is 2. The Morgan fingerprint density at radius 1 is 1.24 bits per heavy atom. The third-order valence-corrected chi connectivity index (χ3v) is 4.84. The summed E-state index contributed by atoms with van der Waals surface area (Å²) in [6.07, 6.45) is 4.24. The van der Waals surface area contributed by atoms with E-state index < -0.39 is 12.1 Å². The first-order valence-electron chi connectivity index (χ1n) is 8.73. The van der Waals surface area contributed by atoms with Gasteiger partial charge in [0.2, 0.25) is 12.7 Å². The number of imide groups is 1. The summed E-state index contributed by atoms with van der Waals surface area (Å²) in [6.45, 7) is 2.59. The molecule has 0 spiro atoms. The predicted molar refractivity (Wildman–Crippen MR) is 92.4 cm³/mol. The number of amides is 3. The van der Waals surface area contributed by atoms with Gasteiger partial charge in [0.1, 0.15) is 0 Å². The van der Waals surface area contributed by atoms with Gasteiger partial charge in [-0.15, -0.1) is 0 Å². The van der Waals surface area contributed by atoms with Gasteiger partial charge in [-0.25, -0.2) is 4.79 Å². The fourth-order valence-corrected chi connectivity index (χ4v) is 3.17. The van der Waals surface area contributed by atoms with Gasteiger partial charge in [0.25, 0.3) is 0 Å². The molecule has 1 atom stereocenters. The molecule has 1 aliphatic carbocycles. The molecule has 0 unspecified atom stereocenters. The van der Waals surface area contributed by atoms with Crippen LogP contribution < -0.4 is 20.1 Å². The second-order valence-corrected chi connectivity index (χ2v) is 6.72. The largest absolute Gasteiger partial charge is 0.454 e. The molecule has 136 valence electrons. The van der Waals surface area contributed by atoms with E-state index in [1.807, 2.05) is 30.1 Å². The van der Waals surface area contributed by atoms with Crippen molar-refractivity contribution in [3.05, 3.63) is 23.8 Å². The summed E-state index contributed by atoms with van der Waals surface area (Å²) in [5.41, 5.74) is 1.02. The monoisotopic (exact) mass is 347 g/mol. The van der Waals surface area contributed by atoms with Gasteiger partial charge in [0.15, 0.2) is 11.5 Å². The minimum absolute atomic E-state index is 0.189. The van der Waals surface area contributed by atoms with Gasteiger partial charge < -0.3 is 14.8 Å². The zero-order chi connectivity index (χ0) is 17.8. The van der Waals surface area contributed by atoms with Gasteiger partial charge in [-0.05, 0) is 44.5 Å². The smallest absolute Gasteiger partial charge is 0.321 e. The lowest BCUT2D eigenvalue weighted by Crippen LogP contribution is -2.50. The van der Waals surface area contributed by atoms with E-state index in [0.29, 0.717) is 6.54 Å². The van der Waals surface area contributed by atoms with E-state index in [1.165, 1.54) is 0 Å². The van der Waals surface area contributed by atoms with Gasteiger partial charge >= 0.3 is 6.03 Å². The first kappa shape index (κ1) is 17.5.